The smallest absolute Gasteiger partial charge is 0.270 e. The number of amides is 4. The van der Waals surface area contributed by atoms with Gasteiger partial charge in [0.2, 0.25) is 0 Å². The van der Waals surface area contributed by atoms with Crippen LogP contribution in [0.2, 0.25) is 0 Å². The Bertz CT molecular complexity index is 2210. The first-order valence-electron chi connectivity index (χ1n) is 15.1. The standard InChI is InChI=1S/C35H29N5O7/c1-47-22-9-7-18-5-6-19-8-10-24-31(30(19)25(18)17-22)35(44)39(33(24)42)14-12-28(37)27(36)11-13-38-32(41)23-4-2-3-20-15-21(40(45)46)16-26(29(20)23)34(38)43/h2-10,15-17,27-28H,11-14,36-37H2,1H3. The molecule has 2 heterocycles. The Hall–Kier alpha value is -5.72. The minimum Gasteiger partial charge on any atom is -0.497 e. The highest BCUT2D eigenvalue weighted by atomic mass is 16.6. The average molecular weight is 632 g/mol. The summed E-state index contributed by atoms with van der Waals surface area (Å²) in [6.07, 6.45) is 0.328. The third-order valence-electron chi connectivity index (χ3n) is 9.19. The number of carbonyl (C=O) groups excluding carboxylic acids is 4. The fourth-order valence-corrected chi connectivity index (χ4v) is 6.66. The minimum absolute atomic E-state index is 0.0252. The summed E-state index contributed by atoms with van der Waals surface area (Å²) in [6.45, 7) is -0.0436. The third kappa shape index (κ3) is 4.77. The van der Waals surface area contributed by atoms with E-state index in [1.165, 1.54) is 17.0 Å². The van der Waals surface area contributed by atoms with E-state index >= 15 is 0 Å². The van der Waals surface area contributed by atoms with Crippen LogP contribution in [0.1, 0.15) is 54.3 Å². The molecule has 12 nitrogen and oxygen atoms in total. The van der Waals surface area contributed by atoms with Crippen LogP contribution in [0.4, 0.5) is 5.69 Å². The zero-order chi connectivity index (χ0) is 33.1. The second-order valence-electron chi connectivity index (χ2n) is 11.8. The van der Waals surface area contributed by atoms with Crippen molar-refractivity contribution >= 4 is 61.6 Å². The van der Waals surface area contributed by atoms with Crippen LogP contribution in [0.5, 0.6) is 5.75 Å². The van der Waals surface area contributed by atoms with Crippen LogP contribution in [0.3, 0.4) is 0 Å². The van der Waals surface area contributed by atoms with Crippen molar-refractivity contribution in [1.29, 1.82) is 0 Å². The molecule has 7 rings (SSSR count). The Kier molecular flexibility index (Phi) is 7.18. The van der Waals surface area contributed by atoms with Crippen LogP contribution in [0, 0.1) is 10.1 Å². The fraction of sp³-hybridized carbons (Fsp3) is 0.200. The lowest BCUT2D eigenvalue weighted by molar-refractivity contribution is -0.384. The molecular weight excluding hydrogens is 602 g/mol. The average Bonchev–Trinajstić information content (AvgIpc) is 3.32. The molecule has 0 saturated carbocycles. The fourth-order valence-electron chi connectivity index (χ4n) is 6.66. The second-order valence-corrected chi connectivity index (χ2v) is 11.8. The summed E-state index contributed by atoms with van der Waals surface area (Å²) in [4.78, 5) is 67.0. The predicted octanol–water partition coefficient (Wildman–Crippen LogP) is 4.39. The number of imide groups is 2. The number of ether oxygens (including phenoxy) is 1. The van der Waals surface area contributed by atoms with Gasteiger partial charge in [-0.2, -0.15) is 0 Å². The van der Waals surface area contributed by atoms with Gasteiger partial charge >= 0.3 is 0 Å². The summed E-state index contributed by atoms with van der Waals surface area (Å²) in [6, 6.07) is 18.9. The molecule has 2 aliphatic heterocycles. The number of carbonyl (C=O) groups is 4. The maximum absolute atomic E-state index is 13.7. The molecular formula is C35H29N5O7. The first-order chi connectivity index (χ1) is 22.6. The zero-order valence-electron chi connectivity index (χ0n) is 25.3. The van der Waals surface area contributed by atoms with Crippen molar-refractivity contribution in [1.82, 2.24) is 9.80 Å². The number of nitro benzene ring substituents is 1. The SMILES string of the molecule is COc1ccc2ccc3ccc4c(c3c2c1)C(=O)N(CCC(N)C(N)CCN1C(=O)c2cccc3cc([N+](=O)[O-])cc(c23)C1=O)C4=O. The van der Waals surface area contributed by atoms with Crippen molar-refractivity contribution in [2.45, 2.75) is 24.9 Å². The summed E-state index contributed by atoms with van der Waals surface area (Å²) < 4.78 is 5.41. The Morgan fingerprint density at radius 1 is 0.702 bits per heavy atom. The Morgan fingerprint density at radius 2 is 1.32 bits per heavy atom. The van der Waals surface area contributed by atoms with Crippen LogP contribution >= 0.6 is 0 Å². The van der Waals surface area contributed by atoms with E-state index in [1.54, 1.807) is 31.4 Å². The number of non-ortho nitro benzene ring substituents is 1. The Morgan fingerprint density at radius 3 is 2.02 bits per heavy atom. The minimum atomic E-state index is -0.690. The van der Waals surface area contributed by atoms with Gasteiger partial charge in [-0.15, -0.1) is 0 Å². The number of hydrogen-bond acceptors (Lipinski definition) is 9. The quantitative estimate of drug-likeness (QED) is 0.103. The molecule has 5 aromatic rings. The number of hydrogen-bond donors (Lipinski definition) is 2. The molecule has 0 fully saturated rings. The normalized spacial score (nSPS) is 15.6. The van der Waals surface area contributed by atoms with Gasteiger partial charge in [-0.25, -0.2) is 0 Å². The van der Waals surface area contributed by atoms with Crippen molar-refractivity contribution in [2.24, 2.45) is 11.5 Å². The number of fused-ring (bicyclic) bond motifs is 5. The highest BCUT2D eigenvalue weighted by molar-refractivity contribution is 6.30. The molecule has 2 unspecified atom stereocenters. The predicted molar refractivity (Wildman–Crippen MR) is 175 cm³/mol. The summed E-state index contributed by atoms with van der Waals surface area (Å²) in [5.74, 6) is -1.37. The van der Waals surface area contributed by atoms with Crippen molar-refractivity contribution in [2.75, 3.05) is 20.2 Å². The van der Waals surface area contributed by atoms with E-state index in [2.05, 4.69) is 0 Å². The molecule has 47 heavy (non-hydrogen) atoms. The second kappa shape index (κ2) is 11.3. The first kappa shape index (κ1) is 30.0. The van der Waals surface area contributed by atoms with Crippen LogP contribution in [0.15, 0.2) is 72.8 Å². The molecule has 0 spiro atoms. The molecule has 4 amide bonds. The number of methoxy groups -OCH3 is 1. The van der Waals surface area contributed by atoms with Gasteiger partial charge in [0.25, 0.3) is 29.3 Å². The molecule has 4 N–H and O–H groups in total. The van der Waals surface area contributed by atoms with Gasteiger partial charge in [0.15, 0.2) is 0 Å². The van der Waals surface area contributed by atoms with Crippen LogP contribution in [0.25, 0.3) is 32.3 Å². The molecule has 0 radical (unpaired) electrons. The number of rotatable bonds is 9. The molecule has 5 aromatic carbocycles. The summed E-state index contributed by atoms with van der Waals surface area (Å²) in [5.41, 5.74) is 13.6. The number of nitrogens with two attached hydrogens (primary N) is 2. The molecule has 0 bridgehead atoms. The van der Waals surface area contributed by atoms with E-state index in [0.717, 1.165) is 21.1 Å². The molecule has 2 aliphatic rings. The molecule has 2 atom stereocenters. The third-order valence-corrected chi connectivity index (χ3v) is 9.19. The number of benzene rings is 5. The lowest BCUT2D eigenvalue weighted by atomic mass is 9.93. The van der Waals surface area contributed by atoms with Crippen molar-refractivity contribution < 1.29 is 28.8 Å². The highest BCUT2D eigenvalue weighted by Crippen LogP contribution is 2.37. The maximum Gasteiger partial charge on any atom is 0.270 e. The van der Waals surface area contributed by atoms with Crippen molar-refractivity contribution in [3.63, 3.8) is 0 Å². The molecule has 0 saturated heterocycles. The summed E-state index contributed by atoms with van der Waals surface area (Å²) in [7, 11) is 1.57. The largest absolute Gasteiger partial charge is 0.497 e. The van der Waals surface area contributed by atoms with Gasteiger partial charge in [-0.3, -0.25) is 39.1 Å². The summed E-state index contributed by atoms with van der Waals surface area (Å²) in [5, 5.41) is 15.5. The maximum atomic E-state index is 13.7. The molecule has 0 aliphatic carbocycles. The Labute approximate surface area is 267 Å². The lowest BCUT2D eigenvalue weighted by Crippen LogP contribution is -2.48. The molecule has 236 valence electrons. The van der Waals surface area contributed by atoms with E-state index in [9.17, 15) is 29.3 Å². The number of nitrogens with zero attached hydrogens (tertiary/aromatic N) is 3. The first-order valence-corrected chi connectivity index (χ1v) is 15.1. The van der Waals surface area contributed by atoms with Gasteiger partial charge < -0.3 is 16.2 Å². The Balaban J connectivity index is 1.06. The van der Waals surface area contributed by atoms with E-state index in [1.807, 2.05) is 36.4 Å². The summed E-state index contributed by atoms with van der Waals surface area (Å²) >= 11 is 0. The topological polar surface area (TPSA) is 179 Å². The van der Waals surface area contributed by atoms with Crippen molar-refractivity contribution in [3.8, 4) is 5.75 Å². The van der Waals surface area contributed by atoms with E-state index < -0.39 is 40.6 Å². The van der Waals surface area contributed by atoms with Gasteiger partial charge in [0.05, 0.1) is 28.7 Å². The van der Waals surface area contributed by atoms with E-state index in [-0.39, 0.29) is 42.7 Å². The lowest BCUT2D eigenvalue weighted by Gasteiger charge is -2.29. The van der Waals surface area contributed by atoms with Gasteiger partial charge in [0.1, 0.15) is 5.75 Å². The number of nitro groups is 1. The van der Waals surface area contributed by atoms with Crippen molar-refractivity contribution in [3.05, 3.63) is 105 Å². The van der Waals surface area contributed by atoms with Crippen LogP contribution < -0.4 is 16.2 Å². The monoisotopic (exact) mass is 631 g/mol. The van der Waals surface area contributed by atoms with Gasteiger partial charge in [-0.1, -0.05) is 36.4 Å². The van der Waals surface area contributed by atoms with Crippen LogP contribution in [-0.2, 0) is 0 Å². The van der Waals surface area contributed by atoms with Gasteiger partial charge in [0, 0.05) is 53.6 Å². The molecule has 12 heteroatoms. The van der Waals surface area contributed by atoms with E-state index in [0.29, 0.717) is 33.0 Å². The highest BCUT2D eigenvalue weighted by Gasteiger charge is 2.38. The molecule has 0 aromatic heterocycles. The van der Waals surface area contributed by atoms with Gasteiger partial charge in [-0.05, 0) is 58.7 Å². The van der Waals surface area contributed by atoms with E-state index in [4.69, 9.17) is 16.2 Å². The zero-order valence-corrected chi connectivity index (χ0v) is 25.3. The van der Waals surface area contributed by atoms with Crippen LogP contribution in [-0.4, -0.2) is 70.6 Å².